The third-order valence-electron chi connectivity index (χ3n) is 19.2. The highest BCUT2D eigenvalue weighted by atomic mass is 35.5. The fraction of sp³-hybridized carbons (Fsp3) is 0.257. The summed E-state index contributed by atoms with van der Waals surface area (Å²) in [4.78, 5) is 91.5. The van der Waals surface area contributed by atoms with E-state index in [9.17, 15) is 49.2 Å². The molecule has 3 fully saturated rings. The number of nitrogens with one attached hydrogen (secondary N) is 5. The normalized spacial score (nSPS) is 15.6. The molecule has 4 aliphatic heterocycles. The number of sulfonamides is 3. The smallest absolute Gasteiger partial charge is 0.263 e. The Kier molecular flexibility index (Phi) is 23.6. The van der Waals surface area contributed by atoms with E-state index in [1.807, 2.05) is 102 Å². The molecule has 0 aliphatic carbocycles. The zero-order valence-electron chi connectivity index (χ0n) is 59.2. The summed E-state index contributed by atoms with van der Waals surface area (Å²) >= 11 is 14.6. The monoisotopic (exact) mass is 1630 g/mol. The Labute approximate surface area is 659 Å². The number of para-hydroxylation sites is 1. The molecular weight excluding hydrogens is 1550 g/mol. The van der Waals surface area contributed by atoms with Gasteiger partial charge < -0.3 is 49.3 Å². The topological polar surface area (TPSA) is 353 Å². The minimum Gasteiger partial charge on any atom is -0.371 e. The van der Waals surface area contributed by atoms with Crippen LogP contribution in [0.15, 0.2) is 203 Å². The summed E-state index contributed by atoms with van der Waals surface area (Å²) in [6.45, 7) is 7.43. The molecule has 0 radical (unpaired) electrons. The van der Waals surface area contributed by atoms with E-state index >= 15 is 0 Å². The van der Waals surface area contributed by atoms with Gasteiger partial charge in [-0.15, -0.1) is 11.3 Å². The van der Waals surface area contributed by atoms with Gasteiger partial charge in [0.15, 0.2) is 5.13 Å². The van der Waals surface area contributed by atoms with E-state index in [-0.39, 0.29) is 93.1 Å². The molecular formula is C74H84Cl2N18O11S5. The molecule has 0 saturated carbocycles. The van der Waals surface area contributed by atoms with Crippen molar-refractivity contribution in [3.63, 3.8) is 0 Å². The number of piperazine rings is 2. The first kappa shape index (κ1) is 77.3. The number of halogens is 2. The third-order valence-corrected chi connectivity index (χ3v) is 25.3. The first-order chi connectivity index (χ1) is 52.9. The van der Waals surface area contributed by atoms with Crippen molar-refractivity contribution in [2.45, 2.75) is 78.9 Å². The van der Waals surface area contributed by atoms with Crippen molar-refractivity contribution < 1.29 is 56.4 Å². The molecule has 9 heterocycles. The summed E-state index contributed by atoms with van der Waals surface area (Å²) < 4.78 is 90.2. The van der Waals surface area contributed by atoms with Crippen molar-refractivity contribution >= 4 is 173 Å². The molecule has 29 nitrogen and oxygen atoms in total. The van der Waals surface area contributed by atoms with Gasteiger partial charge in [-0.1, -0.05) is 41.4 Å². The third kappa shape index (κ3) is 17.9. The Balaban J connectivity index is 0.000000211. The molecule has 3 saturated heterocycles. The van der Waals surface area contributed by atoms with E-state index in [0.29, 0.717) is 47.6 Å². The summed E-state index contributed by atoms with van der Waals surface area (Å²) in [6, 6.07) is 40.4. The van der Waals surface area contributed by atoms with Gasteiger partial charge in [0.05, 0.1) is 25.2 Å². The second kappa shape index (κ2) is 33.5. The van der Waals surface area contributed by atoms with Crippen LogP contribution in [0, 0.1) is 5.41 Å². The Morgan fingerprint density at radius 2 is 1.25 bits per heavy atom. The van der Waals surface area contributed by atoms with Crippen molar-refractivity contribution in [1.82, 2.24) is 48.6 Å². The molecule has 0 bridgehead atoms. The lowest BCUT2D eigenvalue weighted by molar-refractivity contribution is -0.139. The van der Waals surface area contributed by atoms with Crippen LogP contribution in [-0.2, 0) is 67.0 Å². The van der Waals surface area contributed by atoms with Crippen LogP contribution >= 0.6 is 46.1 Å². The van der Waals surface area contributed by atoms with Crippen molar-refractivity contribution in [3.8, 4) is 0 Å². The number of aromatic nitrogens is 7. The van der Waals surface area contributed by atoms with Gasteiger partial charge in [-0.25, -0.2) is 45.2 Å². The second-order valence-electron chi connectivity index (χ2n) is 26.1. The van der Waals surface area contributed by atoms with Crippen LogP contribution in [0.4, 0.5) is 38.8 Å². The number of piperidine rings is 1. The van der Waals surface area contributed by atoms with Gasteiger partial charge in [-0.05, 0) is 178 Å². The molecule has 5 N–H and O–H groups in total. The van der Waals surface area contributed by atoms with E-state index < -0.39 is 42.2 Å². The lowest BCUT2D eigenvalue weighted by Gasteiger charge is -2.40. The highest BCUT2D eigenvalue weighted by Gasteiger charge is 2.36. The van der Waals surface area contributed by atoms with Gasteiger partial charge in [0.25, 0.3) is 30.1 Å². The zero-order valence-corrected chi connectivity index (χ0v) is 64.8. The molecule has 1 unspecified atom stereocenters. The Bertz CT molecular complexity index is 5580. The number of anilines is 7. The largest absolute Gasteiger partial charge is 0.371 e. The van der Waals surface area contributed by atoms with E-state index in [4.69, 9.17) is 28.6 Å². The van der Waals surface area contributed by atoms with Crippen LogP contribution in [0.5, 0.6) is 0 Å². The van der Waals surface area contributed by atoms with E-state index in [1.54, 1.807) is 73.5 Å². The maximum absolute atomic E-state index is 13.4. The molecule has 5 amide bonds. The highest BCUT2D eigenvalue weighted by molar-refractivity contribution is 7.93. The van der Waals surface area contributed by atoms with Crippen molar-refractivity contribution in [1.29, 1.82) is 5.41 Å². The van der Waals surface area contributed by atoms with Crippen LogP contribution in [-0.4, -0.2) is 175 Å². The zero-order chi connectivity index (χ0) is 77.4. The number of carbonyl (C=O) groups is 5. The Hall–Kier alpha value is -10.9. The number of amides is 5. The predicted octanol–water partition coefficient (Wildman–Crippen LogP) is 11.2. The van der Waals surface area contributed by atoms with E-state index in [2.05, 4.69) is 53.6 Å². The van der Waals surface area contributed by atoms with Crippen molar-refractivity contribution in [2.24, 2.45) is 0 Å². The van der Waals surface area contributed by atoms with Gasteiger partial charge >= 0.3 is 0 Å². The van der Waals surface area contributed by atoms with Gasteiger partial charge in [0.1, 0.15) is 50.2 Å². The van der Waals surface area contributed by atoms with E-state index in [1.165, 1.54) is 72.9 Å². The average Bonchev–Trinajstić information content (AvgIpc) is 1.63. The lowest BCUT2D eigenvalue weighted by Crippen LogP contribution is -2.57. The van der Waals surface area contributed by atoms with Gasteiger partial charge in [0.2, 0.25) is 34.7 Å². The summed E-state index contributed by atoms with van der Waals surface area (Å²) in [7, 11) is -11.3. The number of nitrogens with zero attached hydrogens (tertiary/aromatic N) is 13. The van der Waals surface area contributed by atoms with Crippen LogP contribution in [0.3, 0.4) is 0 Å². The molecule has 2 atom stereocenters. The van der Waals surface area contributed by atoms with Crippen LogP contribution < -0.4 is 39.1 Å². The first-order valence-corrected chi connectivity index (χ1v) is 41.7. The SMILES string of the molecule is CC(C(=O)N1CCN(c2ccc(S(=O)(=O)Nc3nccs3)cc2)C(=O)C1)n1ccc2cc(C=N)ccc21.C[C@H](C(=O)N1CCN(c2ccc(S(=O)(=O)Nc3ccncn3)cc2)C(=O)C1)N1CCCc2cc(Cl)ccc21.O=C(Cn1ccc2cccc(Cl)c21)NC1CCN(c2ccc(S(=O)(=O)Nc3ncns3)cc2)CC1.[HH].[HH].[HH].[HH].[HH]. The number of benzene rings is 6. The van der Waals surface area contributed by atoms with E-state index in [0.717, 1.165) is 101 Å². The van der Waals surface area contributed by atoms with Crippen molar-refractivity contribution in [2.75, 3.05) is 92.7 Å². The molecule has 11 aromatic rings. The molecule has 15 rings (SSSR count). The minimum absolute atomic E-state index is 0. The quantitative estimate of drug-likeness (QED) is 0.0443. The number of hydrogen-bond donors (Lipinski definition) is 5. The molecule has 36 heteroatoms. The molecule has 580 valence electrons. The number of aryl methyl sites for hydroxylation is 1. The highest BCUT2D eigenvalue weighted by Crippen LogP contribution is 2.34. The molecule has 110 heavy (non-hydrogen) atoms. The summed E-state index contributed by atoms with van der Waals surface area (Å²) in [5.41, 5.74) is 6.75. The number of hydrogen-bond acceptors (Lipinski definition) is 21. The predicted molar refractivity (Wildman–Crippen MR) is 436 cm³/mol. The fourth-order valence-corrected chi connectivity index (χ4v) is 18.5. The van der Waals surface area contributed by atoms with Crippen molar-refractivity contribution in [3.05, 3.63) is 210 Å². The van der Waals surface area contributed by atoms with Gasteiger partial charge in [0, 0.05) is 151 Å². The Morgan fingerprint density at radius 1 is 0.627 bits per heavy atom. The number of carbonyl (C=O) groups excluding carboxylic acids is 5. The average molecular weight is 1630 g/mol. The number of fused-ring (bicyclic) bond motifs is 3. The van der Waals surface area contributed by atoms with Gasteiger partial charge in [-0.2, -0.15) is 4.37 Å². The molecule has 6 aromatic carbocycles. The minimum atomic E-state index is -3.85. The summed E-state index contributed by atoms with van der Waals surface area (Å²) in [5, 5.41) is 16.0. The van der Waals surface area contributed by atoms with Crippen LogP contribution in [0.1, 0.15) is 57.4 Å². The molecule has 4 aliphatic rings. The summed E-state index contributed by atoms with van der Waals surface area (Å²) in [6.07, 6.45) is 14.0. The standard InChI is InChI=1S/C26H27ClN6O4S.C25H24N6O4S2.C23H23ClN6O3S2.5H2/c1-18(32-12-2-3-19-15-20(27)4-9-23(19)32)26(35)31-13-14-33(25(34)16-31)21-5-7-22(8-6-21)38(36,37)30-24-10-11-28-17-29-24;1-17(30-10-8-19-14-18(15-26)2-7-22(19)30)24(33)29-11-12-31(23(32)16-29)20-3-5-21(6-4-20)37(34,35)28-25-27-9-13-36-25;24-20-3-1-2-16-8-11-30(22(16)20)14-21(31)27-17-9-12-29(13-10-17)18-4-6-19(7-5-18)35(32,33)28-23-25-15-26-34-23;;;;;/h4-11,15,17-18H,2-3,12-14,16H2,1H3,(H,28,29,30);2-10,13-15,17,26H,11-12,16H2,1H3,(H,27,28);1-8,11,15,17H,9-10,12-14H2,(H,27,31)(H,25,26,28);5*1H/t18-;;;;;;;/m1......./s1. The lowest BCUT2D eigenvalue weighted by atomic mass is 10.00. The molecule has 5 aromatic heterocycles. The van der Waals surface area contributed by atoms with Gasteiger partial charge in [-0.3, -0.25) is 38.1 Å². The summed E-state index contributed by atoms with van der Waals surface area (Å²) in [5.74, 6) is -0.604. The number of rotatable bonds is 20. The van der Waals surface area contributed by atoms with Crippen LogP contribution in [0.2, 0.25) is 10.0 Å². The fourth-order valence-electron chi connectivity index (χ4n) is 13.5. The molecule has 0 spiro atoms. The second-order valence-corrected chi connectivity index (χ2v) is 33.7. The maximum atomic E-state index is 13.4. The number of thiazole rings is 1. The maximum Gasteiger partial charge on any atom is 0.263 e. The van der Waals surface area contributed by atoms with Crippen LogP contribution in [0.25, 0.3) is 21.8 Å². The Morgan fingerprint density at radius 3 is 1.84 bits per heavy atom. The first-order valence-electron chi connectivity index (χ1n) is 34.8.